The average molecular weight is 98.9 g/mol. The van der Waals surface area contributed by atoms with Crippen LogP contribution in [0.1, 0.15) is 6.92 Å². The lowest BCUT2D eigenvalue weighted by Gasteiger charge is -1.82. The Labute approximate surface area is 42.0 Å². The molecule has 0 N–H and O–H groups in total. The van der Waals surface area contributed by atoms with Crippen LogP contribution in [0.2, 0.25) is 6.82 Å². The van der Waals surface area contributed by atoms with Crippen molar-refractivity contribution in [3.8, 4) is 0 Å². The van der Waals surface area contributed by atoms with Gasteiger partial charge in [-0.3, -0.25) is 0 Å². The van der Waals surface area contributed by atoms with Crippen molar-refractivity contribution in [2.75, 3.05) is 6.66 Å². The van der Waals surface area contributed by atoms with Crippen molar-refractivity contribution in [2.45, 2.75) is 13.7 Å². The highest BCUT2D eigenvalue weighted by atomic mass is 31.1. The average Bonchev–Trinajstić information content (AvgIpc) is 1.65. The van der Waals surface area contributed by atoms with Crippen molar-refractivity contribution < 1.29 is 0 Å². The van der Waals surface area contributed by atoms with Crippen LogP contribution in [0, 0.1) is 0 Å². The second-order valence-corrected chi connectivity index (χ2v) is 2.31. The van der Waals surface area contributed by atoms with Crippen LogP contribution in [-0.2, 0) is 0 Å². The molecule has 1 radical (unpaired) electrons. The van der Waals surface area contributed by atoms with Gasteiger partial charge in [0.1, 0.15) is 7.28 Å². The van der Waals surface area contributed by atoms with Crippen LogP contribution in [0.4, 0.5) is 0 Å². The minimum absolute atomic E-state index is 1.39. The molecule has 33 valence electrons. The third-order valence-electron chi connectivity index (χ3n) is 0.770. The van der Waals surface area contributed by atoms with Gasteiger partial charge in [0.15, 0.2) is 0 Å². The smallest absolute Gasteiger partial charge is 0.120 e. The molecule has 0 aliphatic rings. The summed E-state index contributed by atoms with van der Waals surface area (Å²) in [7, 11) is 3.52. The van der Waals surface area contributed by atoms with Gasteiger partial charge in [0.2, 0.25) is 0 Å². The summed E-state index contributed by atoms with van der Waals surface area (Å²) in [6.45, 7) is 6.32. The molecule has 0 rings (SSSR count). The fraction of sp³-hybridized carbons (Fsp3) is 0.750. The first-order valence-electron chi connectivity index (χ1n) is 2.04. The SMILES string of the molecule is C[B]C(C)=PC. The fourth-order valence-electron chi connectivity index (χ4n) is 0.129. The van der Waals surface area contributed by atoms with E-state index < -0.39 is 0 Å². The summed E-state index contributed by atoms with van der Waals surface area (Å²) in [4.78, 5) is 0. The molecule has 0 fully saturated rings. The Bertz CT molecular complexity index is 58.6. The van der Waals surface area contributed by atoms with Crippen molar-refractivity contribution in [2.24, 2.45) is 0 Å². The van der Waals surface area contributed by atoms with Crippen LogP contribution in [0.5, 0.6) is 0 Å². The largest absolute Gasteiger partial charge is 0.148 e. The molecule has 0 saturated carbocycles. The van der Waals surface area contributed by atoms with E-state index in [0.29, 0.717) is 0 Å². The Kier molecular flexibility index (Phi) is 3.56. The lowest BCUT2D eigenvalue weighted by molar-refractivity contribution is 2.07. The maximum Gasteiger partial charge on any atom is 0.148 e. The molecule has 0 spiro atoms. The van der Waals surface area contributed by atoms with Crippen LogP contribution in [0.25, 0.3) is 0 Å². The van der Waals surface area contributed by atoms with Crippen LogP contribution in [-0.4, -0.2) is 19.1 Å². The molecule has 0 aliphatic heterocycles. The standard InChI is InChI=1S/C4H9BP/c1-4(5-2)6-3/h1-3H3. The molecule has 0 saturated heterocycles. The van der Waals surface area contributed by atoms with E-state index in [0.717, 1.165) is 0 Å². The van der Waals surface area contributed by atoms with E-state index in [1.54, 1.807) is 0 Å². The van der Waals surface area contributed by atoms with Crippen molar-refractivity contribution in [1.82, 2.24) is 0 Å². The third kappa shape index (κ3) is 2.47. The van der Waals surface area contributed by atoms with E-state index in [2.05, 4.69) is 27.7 Å². The van der Waals surface area contributed by atoms with Crippen LogP contribution in [0.3, 0.4) is 0 Å². The van der Waals surface area contributed by atoms with Crippen LogP contribution in [0.15, 0.2) is 0 Å². The highest BCUT2D eigenvalue weighted by Crippen LogP contribution is 1.87. The fourth-order valence-corrected chi connectivity index (χ4v) is 0.387. The van der Waals surface area contributed by atoms with E-state index in [4.69, 9.17) is 0 Å². The second kappa shape index (κ2) is 3.43. The highest BCUT2D eigenvalue weighted by Gasteiger charge is 1.77. The number of hydrogen-bond donors (Lipinski definition) is 0. The Morgan fingerprint density at radius 3 is 2.17 bits per heavy atom. The van der Waals surface area contributed by atoms with Gasteiger partial charge in [-0.15, -0.1) is 8.20 Å². The predicted octanol–water partition coefficient (Wildman–Crippen LogP) is 1.46. The second-order valence-electron chi connectivity index (χ2n) is 1.15. The Hall–Kier alpha value is 0.235. The molecule has 0 nitrogen and oxygen atoms in total. The zero-order valence-corrected chi connectivity index (χ0v) is 5.42. The molecule has 2 heteroatoms. The van der Waals surface area contributed by atoms with Gasteiger partial charge in [0, 0.05) is 0 Å². The molecular formula is C4H9BP. The minimum atomic E-state index is 1.39. The Morgan fingerprint density at radius 1 is 1.67 bits per heavy atom. The van der Waals surface area contributed by atoms with Crippen molar-refractivity contribution in [3.63, 3.8) is 0 Å². The minimum Gasteiger partial charge on any atom is -0.120 e. The van der Waals surface area contributed by atoms with E-state index in [9.17, 15) is 0 Å². The number of rotatable bonds is 1. The molecule has 0 atom stereocenters. The molecule has 0 unspecified atom stereocenters. The first-order chi connectivity index (χ1) is 2.81. The quantitative estimate of drug-likeness (QED) is 0.344. The first-order valence-corrected chi connectivity index (χ1v) is 3.38. The van der Waals surface area contributed by atoms with Crippen molar-refractivity contribution >= 4 is 20.7 Å². The number of hydrogen-bond acceptors (Lipinski definition) is 0. The van der Waals surface area contributed by atoms with Gasteiger partial charge in [-0.05, 0) is 13.6 Å². The molecule has 0 bridgehead atoms. The molecule has 0 aromatic heterocycles. The monoisotopic (exact) mass is 99.1 g/mol. The topological polar surface area (TPSA) is 0 Å². The Morgan fingerprint density at radius 2 is 2.17 bits per heavy atom. The molecule has 0 aliphatic carbocycles. The van der Waals surface area contributed by atoms with Gasteiger partial charge < -0.3 is 0 Å². The van der Waals surface area contributed by atoms with Gasteiger partial charge in [-0.1, -0.05) is 12.0 Å². The van der Waals surface area contributed by atoms with Gasteiger partial charge in [-0.2, -0.15) is 0 Å². The third-order valence-corrected chi connectivity index (χ3v) is 1.73. The predicted molar refractivity (Wildman–Crippen MR) is 35.1 cm³/mol. The van der Waals surface area contributed by atoms with Gasteiger partial charge >= 0.3 is 0 Å². The lowest BCUT2D eigenvalue weighted by atomic mass is 9.79. The molecular weight excluding hydrogens is 89.8 g/mol. The normalized spacial score (nSPS) is 11.5. The summed E-state index contributed by atoms with van der Waals surface area (Å²) in [5.74, 6) is 0. The van der Waals surface area contributed by atoms with Gasteiger partial charge in [0.25, 0.3) is 0 Å². The Balaban J connectivity index is 3.22. The maximum absolute atomic E-state index is 2.13. The highest BCUT2D eigenvalue weighted by molar-refractivity contribution is 7.45. The van der Waals surface area contributed by atoms with E-state index in [-0.39, 0.29) is 0 Å². The van der Waals surface area contributed by atoms with E-state index in [1.807, 2.05) is 0 Å². The molecule has 0 amide bonds. The summed E-state index contributed by atoms with van der Waals surface area (Å²) < 4.78 is 0. The van der Waals surface area contributed by atoms with Crippen molar-refractivity contribution in [3.05, 3.63) is 0 Å². The zero-order valence-electron chi connectivity index (χ0n) is 4.52. The van der Waals surface area contributed by atoms with Crippen LogP contribution >= 0.6 is 8.20 Å². The lowest BCUT2D eigenvalue weighted by Crippen LogP contribution is -1.92. The molecule has 0 heterocycles. The van der Waals surface area contributed by atoms with Gasteiger partial charge in [-0.25, -0.2) is 0 Å². The molecule has 0 aromatic carbocycles. The van der Waals surface area contributed by atoms with Crippen LogP contribution < -0.4 is 0 Å². The summed E-state index contributed by atoms with van der Waals surface area (Å²) in [5, 5.41) is 1.44. The van der Waals surface area contributed by atoms with Crippen molar-refractivity contribution in [1.29, 1.82) is 0 Å². The molecule has 0 aromatic rings. The molecule has 6 heavy (non-hydrogen) atoms. The summed E-state index contributed by atoms with van der Waals surface area (Å²) in [6.07, 6.45) is 0. The summed E-state index contributed by atoms with van der Waals surface area (Å²) >= 11 is 0. The van der Waals surface area contributed by atoms with E-state index >= 15 is 0 Å². The summed E-state index contributed by atoms with van der Waals surface area (Å²) in [5.41, 5.74) is 0. The first kappa shape index (κ1) is 6.23. The maximum atomic E-state index is 2.13. The zero-order chi connectivity index (χ0) is 4.99. The van der Waals surface area contributed by atoms with Gasteiger partial charge in [0.05, 0.1) is 0 Å². The van der Waals surface area contributed by atoms with E-state index in [1.165, 1.54) is 13.4 Å². The summed E-state index contributed by atoms with van der Waals surface area (Å²) in [6, 6.07) is 0.